The van der Waals surface area contributed by atoms with E-state index in [1.165, 1.54) is 12.8 Å². The van der Waals surface area contributed by atoms with Gasteiger partial charge in [-0.2, -0.15) is 0 Å². The molecule has 6 nitrogen and oxygen atoms in total. The van der Waals surface area contributed by atoms with E-state index in [0.717, 1.165) is 29.5 Å². The van der Waals surface area contributed by atoms with E-state index in [4.69, 9.17) is 4.98 Å². The van der Waals surface area contributed by atoms with Crippen LogP contribution in [0.5, 0.6) is 0 Å². The van der Waals surface area contributed by atoms with E-state index in [-0.39, 0.29) is 11.8 Å². The number of amides is 2. The van der Waals surface area contributed by atoms with Gasteiger partial charge in [0.05, 0.1) is 0 Å². The molecule has 38 heavy (non-hydrogen) atoms. The van der Waals surface area contributed by atoms with E-state index in [9.17, 15) is 9.59 Å². The number of carbonyl (C=O) groups excluding carboxylic acids is 2. The number of hydrogen-bond acceptors (Lipinski definition) is 3. The molecule has 0 aliphatic heterocycles. The summed E-state index contributed by atoms with van der Waals surface area (Å²) in [4.78, 5) is 36.8. The molecule has 5 rings (SSSR count). The van der Waals surface area contributed by atoms with E-state index in [1.807, 2.05) is 91.0 Å². The summed E-state index contributed by atoms with van der Waals surface area (Å²) in [6.45, 7) is 0.883. The molecule has 0 spiro atoms. The van der Waals surface area contributed by atoms with Gasteiger partial charge in [0.1, 0.15) is 11.5 Å². The van der Waals surface area contributed by atoms with Gasteiger partial charge in [0.2, 0.25) is 5.91 Å². The van der Waals surface area contributed by atoms with Gasteiger partial charge >= 0.3 is 0 Å². The Balaban J connectivity index is 1.43. The van der Waals surface area contributed by atoms with Crippen LogP contribution in [-0.4, -0.2) is 26.7 Å². The maximum Gasteiger partial charge on any atom is 0.274 e. The smallest absolute Gasteiger partial charge is 0.274 e. The fourth-order valence-corrected chi connectivity index (χ4v) is 5.17. The molecule has 0 radical (unpaired) electrons. The van der Waals surface area contributed by atoms with Crippen LogP contribution in [0.15, 0.2) is 91.0 Å². The molecule has 2 N–H and O–H groups in total. The topological polar surface area (TPSA) is 78.1 Å². The lowest BCUT2D eigenvalue weighted by molar-refractivity contribution is -0.117. The lowest BCUT2D eigenvalue weighted by Gasteiger charge is -2.23. The average Bonchev–Trinajstić information content (AvgIpc) is 3.59. The van der Waals surface area contributed by atoms with E-state index in [1.54, 1.807) is 4.90 Å². The first-order chi connectivity index (χ1) is 18.6. The molecule has 3 aromatic carbocycles. The second kappa shape index (κ2) is 12.4. The fourth-order valence-electron chi connectivity index (χ4n) is 5.17. The van der Waals surface area contributed by atoms with Crippen molar-refractivity contribution in [2.75, 3.05) is 5.32 Å². The first-order valence-corrected chi connectivity index (χ1v) is 13.4. The Morgan fingerprint density at radius 3 is 1.87 bits per heavy atom. The maximum atomic E-state index is 14.1. The summed E-state index contributed by atoms with van der Waals surface area (Å²) in [6.07, 6.45) is 5.53. The standard InChI is InChI=1S/C32H34N4O2/c37-29(21-25-14-10-11-15-25)35-31-30(33-28(34-31)20-24-12-4-1-5-13-24)32(38)36(22-26-16-6-2-7-17-26)23-27-18-8-3-9-19-27/h1-9,12-13,16-19,25H,10-11,14-15,20-23H2,(H,33,34)(H,35,37). The van der Waals surface area contributed by atoms with Crippen LogP contribution in [0.4, 0.5) is 5.82 Å². The number of benzene rings is 3. The minimum atomic E-state index is -0.194. The normalized spacial score (nSPS) is 13.4. The number of nitrogens with one attached hydrogen (secondary N) is 2. The molecule has 1 aromatic heterocycles. The monoisotopic (exact) mass is 506 g/mol. The van der Waals surface area contributed by atoms with Crippen LogP contribution in [0.25, 0.3) is 0 Å². The number of H-pyrrole nitrogens is 1. The largest absolute Gasteiger partial charge is 0.336 e. The van der Waals surface area contributed by atoms with Gasteiger partial charge in [-0.1, -0.05) is 104 Å². The summed E-state index contributed by atoms with van der Waals surface area (Å²) in [6, 6.07) is 29.9. The highest BCUT2D eigenvalue weighted by Crippen LogP contribution is 2.28. The van der Waals surface area contributed by atoms with Crippen LogP contribution in [-0.2, 0) is 24.3 Å². The van der Waals surface area contributed by atoms with Crippen molar-refractivity contribution in [2.45, 2.75) is 51.6 Å². The van der Waals surface area contributed by atoms with Crippen LogP contribution in [0.1, 0.15) is 65.1 Å². The minimum absolute atomic E-state index is 0.0821. The number of aromatic nitrogens is 2. The van der Waals surface area contributed by atoms with Gasteiger partial charge in [-0.25, -0.2) is 4.98 Å². The molecule has 1 fully saturated rings. The number of imidazole rings is 1. The summed E-state index contributed by atoms with van der Waals surface area (Å²) in [7, 11) is 0. The Bertz CT molecular complexity index is 1290. The van der Waals surface area contributed by atoms with Crippen molar-refractivity contribution in [3.8, 4) is 0 Å². The third-order valence-electron chi connectivity index (χ3n) is 7.11. The predicted octanol–water partition coefficient (Wildman–Crippen LogP) is 6.36. The molecule has 0 atom stereocenters. The molecule has 1 aliphatic carbocycles. The Labute approximate surface area is 224 Å². The van der Waals surface area contributed by atoms with E-state index in [2.05, 4.69) is 10.3 Å². The second-order valence-corrected chi connectivity index (χ2v) is 10.1. The molecule has 2 amide bonds. The van der Waals surface area contributed by atoms with Gasteiger partial charge < -0.3 is 15.2 Å². The van der Waals surface area contributed by atoms with Crippen molar-refractivity contribution >= 4 is 17.6 Å². The summed E-state index contributed by atoms with van der Waals surface area (Å²) >= 11 is 0. The molecule has 6 heteroatoms. The molecule has 4 aromatic rings. The highest BCUT2D eigenvalue weighted by Gasteiger charge is 2.26. The molecular formula is C32H34N4O2. The van der Waals surface area contributed by atoms with Crippen LogP contribution in [0.2, 0.25) is 0 Å². The molecular weight excluding hydrogens is 472 g/mol. The van der Waals surface area contributed by atoms with Crippen molar-refractivity contribution in [2.24, 2.45) is 5.92 Å². The Kier molecular flexibility index (Phi) is 8.29. The highest BCUT2D eigenvalue weighted by molar-refractivity contribution is 6.01. The number of nitrogens with zero attached hydrogens (tertiary/aromatic N) is 2. The van der Waals surface area contributed by atoms with Crippen molar-refractivity contribution in [3.05, 3.63) is 119 Å². The summed E-state index contributed by atoms with van der Waals surface area (Å²) < 4.78 is 0. The number of aromatic amines is 1. The zero-order chi connectivity index (χ0) is 26.2. The zero-order valence-electron chi connectivity index (χ0n) is 21.6. The van der Waals surface area contributed by atoms with Gasteiger partial charge in [0.15, 0.2) is 5.82 Å². The van der Waals surface area contributed by atoms with Crippen LogP contribution >= 0.6 is 0 Å². The Morgan fingerprint density at radius 1 is 0.789 bits per heavy atom. The van der Waals surface area contributed by atoms with Gasteiger partial charge in [0, 0.05) is 25.9 Å². The first kappa shape index (κ1) is 25.5. The predicted molar refractivity (Wildman–Crippen MR) is 150 cm³/mol. The third kappa shape index (κ3) is 6.76. The molecule has 194 valence electrons. The lowest BCUT2D eigenvalue weighted by Crippen LogP contribution is -2.31. The molecule has 0 saturated heterocycles. The molecule has 1 aliphatic rings. The van der Waals surface area contributed by atoms with E-state index in [0.29, 0.717) is 49.2 Å². The van der Waals surface area contributed by atoms with Gasteiger partial charge in [-0.05, 0) is 35.4 Å². The third-order valence-corrected chi connectivity index (χ3v) is 7.11. The number of anilines is 1. The lowest BCUT2D eigenvalue weighted by atomic mass is 10.0. The minimum Gasteiger partial charge on any atom is -0.336 e. The summed E-state index contributed by atoms with van der Waals surface area (Å²) in [5.41, 5.74) is 3.47. The molecule has 0 bridgehead atoms. The van der Waals surface area contributed by atoms with E-state index >= 15 is 0 Å². The van der Waals surface area contributed by atoms with Crippen molar-refractivity contribution in [1.29, 1.82) is 0 Å². The SMILES string of the molecule is O=C(CC1CCCC1)Nc1nc(Cc2ccccc2)[nH]c1C(=O)N(Cc1ccccc1)Cc1ccccc1. The first-order valence-electron chi connectivity index (χ1n) is 13.4. The summed E-state index contributed by atoms with van der Waals surface area (Å²) in [5.74, 6) is 1.09. The number of rotatable bonds is 10. The van der Waals surface area contributed by atoms with Crippen LogP contribution in [0.3, 0.4) is 0 Å². The van der Waals surface area contributed by atoms with Gasteiger partial charge in [-0.3, -0.25) is 9.59 Å². The molecule has 0 unspecified atom stereocenters. The van der Waals surface area contributed by atoms with Gasteiger partial charge in [-0.15, -0.1) is 0 Å². The zero-order valence-corrected chi connectivity index (χ0v) is 21.6. The highest BCUT2D eigenvalue weighted by atomic mass is 16.2. The van der Waals surface area contributed by atoms with Crippen molar-refractivity contribution in [1.82, 2.24) is 14.9 Å². The summed E-state index contributed by atoms with van der Waals surface area (Å²) in [5, 5.41) is 2.98. The average molecular weight is 507 g/mol. The number of carbonyl (C=O) groups is 2. The maximum absolute atomic E-state index is 14.1. The van der Waals surface area contributed by atoms with Crippen molar-refractivity contribution in [3.63, 3.8) is 0 Å². The molecule has 1 saturated carbocycles. The Morgan fingerprint density at radius 2 is 1.32 bits per heavy atom. The second-order valence-electron chi connectivity index (χ2n) is 10.1. The number of hydrogen-bond donors (Lipinski definition) is 2. The molecule has 1 heterocycles. The quantitative estimate of drug-likeness (QED) is 0.263. The fraction of sp³-hybridized carbons (Fsp3) is 0.281. The van der Waals surface area contributed by atoms with Crippen LogP contribution in [0, 0.1) is 5.92 Å². The van der Waals surface area contributed by atoms with E-state index < -0.39 is 0 Å². The Hall–Kier alpha value is -4.19. The van der Waals surface area contributed by atoms with Crippen LogP contribution < -0.4 is 5.32 Å². The van der Waals surface area contributed by atoms with Gasteiger partial charge in [0.25, 0.3) is 5.91 Å². The van der Waals surface area contributed by atoms with Crippen molar-refractivity contribution < 1.29 is 9.59 Å².